The van der Waals surface area contributed by atoms with E-state index in [1.54, 1.807) is 4.31 Å². The smallest absolute Gasteiger partial charge is 0.279 e. The van der Waals surface area contributed by atoms with E-state index in [0.717, 1.165) is 51.5 Å². The summed E-state index contributed by atoms with van der Waals surface area (Å²) in [6.07, 6.45) is 8.60. The first-order valence-electron chi connectivity index (χ1n) is 8.50. The minimum atomic E-state index is -3.34. The quantitative estimate of drug-likeness (QED) is 0.786. The van der Waals surface area contributed by atoms with Crippen LogP contribution in [0.4, 0.5) is 0 Å². The maximum absolute atomic E-state index is 12.7. The van der Waals surface area contributed by atoms with Crippen molar-refractivity contribution in [3.05, 3.63) is 0 Å². The van der Waals surface area contributed by atoms with Gasteiger partial charge in [-0.15, -0.1) is 0 Å². The summed E-state index contributed by atoms with van der Waals surface area (Å²) >= 11 is 0. The fraction of sp³-hybridized carbons (Fsp3) is 1.00. The maximum Gasteiger partial charge on any atom is 0.279 e. The van der Waals surface area contributed by atoms with Crippen LogP contribution in [-0.4, -0.2) is 44.9 Å². The van der Waals surface area contributed by atoms with Crippen LogP contribution < -0.4 is 10.0 Å². The van der Waals surface area contributed by atoms with Gasteiger partial charge in [-0.2, -0.15) is 17.4 Å². The molecular weight excluding hydrogens is 286 g/mol. The Hall–Kier alpha value is -0.170. The van der Waals surface area contributed by atoms with Crippen molar-refractivity contribution in [3.63, 3.8) is 0 Å². The van der Waals surface area contributed by atoms with E-state index in [4.69, 9.17) is 0 Å². The standard InChI is InChI=1S/C15H31N3O2S/c1-3-13-7-6-8-14(11-13)17-21(19,20)18-10-5-4-9-15(18)12-16-2/h13-17H,3-12H2,1-2H3. The summed E-state index contributed by atoms with van der Waals surface area (Å²) in [5.74, 6) is 0.681. The summed E-state index contributed by atoms with van der Waals surface area (Å²) in [6, 6.07) is 0.234. The number of hydrogen-bond donors (Lipinski definition) is 2. The van der Waals surface area contributed by atoms with Crippen molar-refractivity contribution in [2.24, 2.45) is 5.92 Å². The third kappa shape index (κ3) is 4.65. The molecule has 21 heavy (non-hydrogen) atoms. The summed E-state index contributed by atoms with van der Waals surface area (Å²) in [4.78, 5) is 0. The van der Waals surface area contributed by atoms with Crippen molar-refractivity contribution < 1.29 is 8.42 Å². The lowest BCUT2D eigenvalue weighted by molar-refractivity contribution is 0.238. The molecule has 0 bridgehead atoms. The van der Waals surface area contributed by atoms with Crippen LogP contribution in [0.5, 0.6) is 0 Å². The Balaban J connectivity index is 1.99. The number of nitrogens with zero attached hydrogens (tertiary/aromatic N) is 1. The lowest BCUT2D eigenvalue weighted by Gasteiger charge is -2.37. The van der Waals surface area contributed by atoms with Crippen LogP contribution >= 0.6 is 0 Å². The molecule has 3 atom stereocenters. The van der Waals surface area contributed by atoms with Gasteiger partial charge in [-0.05, 0) is 38.6 Å². The van der Waals surface area contributed by atoms with Gasteiger partial charge in [0.05, 0.1) is 0 Å². The molecule has 1 saturated carbocycles. The van der Waals surface area contributed by atoms with Crippen LogP contribution in [0.25, 0.3) is 0 Å². The Kier molecular flexibility index (Phi) is 6.47. The third-order valence-electron chi connectivity index (χ3n) is 5.00. The predicted octanol–water partition coefficient (Wildman–Crippen LogP) is 1.86. The van der Waals surface area contributed by atoms with Gasteiger partial charge in [-0.1, -0.05) is 32.6 Å². The highest BCUT2D eigenvalue weighted by Gasteiger charge is 2.34. The van der Waals surface area contributed by atoms with Crippen molar-refractivity contribution >= 4 is 10.2 Å². The number of rotatable bonds is 6. The average molecular weight is 317 g/mol. The Labute approximate surface area is 130 Å². The zero-order valence-corrected chi connectivity index (χ0v) is 14.3. The molecule has 6 heteroatoms. The van der Waals surface area contributed by atoms with E-state index >= 15 is 0 Å². The molecule has 0 aromatic rings. The molecule has 2 aliphatic rings. The highest BCUT2D eigenvalue weighted by atomic mass is 32.2. The van der Waals surface area contributed by atoms with Crippen molar-refractivity contribution in [2.45, 2.75) is 70.4 Å². The zero-order valence-electron chi connectivity index (χ0n) is 13.5. The van der Waals surface area contributed by atoms with Crippen LogP contribution in [0.1, 0.15) is 58.3 Å². The topological polar surface area (TPSA) is 61.4 Å². The summed E-state index contributed by atoms with van der Waals surface area (Å²) in [7, 11) is -1.45. The molecule has 0 spiro atoms. The molecule has 3 unspecified atom stereocenters. The van der Waals surface area contributed by atoms with E-state index in [2.05, 4.69) is 17.0 Å². The molecule has 1 heterocycles. The first-order chi connectivity index (χ1) is 10.1. The first-order valence-corrected chi connectivity index (χ1v) is 9.94. The van der Waals surface area contributed by atoms with E-state index in [0.29, 0.717) is 12.5 Å². The second-order valence-corrected chi connectivity index (χ2v) is 8.23. The largest absolute Gasteiger partial charge is 0.318 e. The van der Waals surface area contributed by atoms with Gasteiger partial charge in [-0.25, -0.2) is 0 Å². The number of piperidine rings is 1. The van der Waals surface area contributed by atoms with Gasteiger partial charge in [0.25, 0.3) is 10.2 Å². The van der Waals surface area contributed by atoms with E-state index < -0.39 is 10.2 Å². The van der Waals surface area contributed by atoms with Crippen LogP contribution in [-0.2, 0) is 10.2 Å². The van der Waals surface area contributed by atoms with E-state index in [9.17, 15) is 8.42 Å². The van der Waals surface area contributed by atoms with Crippen molar-refractivity contribution in [1.29, 1.82) is 0 Å². The first kappa shape index (κ1) is 17.2. The zero-order chi connectivity index (χ0) is 15.3. The SMILES string of the molecule is CCC1CCCC(NS(=O)(=O)N2CCCCC2CNC)C1. The second kappa shape index (κ2) is 7.90. The number of hydrogen-bond acceptors (Lipinski definition) is 3. The molecule has 124 valence electrons. The summed E-state index contributed by atoms with van der Waals surface area (Å²) < 4.78 is 30.1. The van der Waals surface area contributed by atoms with Gasteiger partial charge < -0.3 is 5.32 Å². The predicted molar refractivity (Wildman–Crippen MR) is 86.4 cm³/mol. The van der Waals surface area contributed by atoms with Gasteiger partial charge in [0.1, 0.15) is 0 Å². The fourth-order valence-electron chi connectivity index (χ4n) is 3.78. The summed E-state index contributed by atoms with van der Waals surface area (Å²) in [5, 5.41) is 3.13. The molecule has 1 aliphatic heterocycles. The van der Waals surface area contributed by atoms with Crippen molar-refractivity contribution in [3.8, 4) is 0 Å². The Bertz CT molecular complexity index is 411. The van der Waals surface area contributed by atoms with Gasteiger partial charge in [0.15, 0.2) is 0 Å². The third-order valence-corrected chi connectivity index (χ3v) is 6.73. The normalized spacial score (nSPS) is 32.2. The van der Waals surface area contributed by atoms with Gasteiger partial charge in [0, 0.05) is 25.2 Å². The molecule has 1 aliphatic carbocycles. The van der Waals surface area contributed by atoms with Crippen LogP contribution in [0, 0.1) is 5.92 Å². The van der Waals surface area contributed by atoms with Crippen LogP contribution in [0.2, 0.25) is 0 Å². The molecule has 1 saturated heterocycles. The summed E-state index contributed by atoms with van der Waals surface area (Å²) in [5.41, 5.74) is 0. The number of likely N-dealkylation sites (N-methyl/N-ethyl adjacent to an activating group) is 1. The van der Waals surface area contributed by atoms with E-state index in [1.807, 2.05) is 7.05 Å². The highest BCUT2D eigenvalue weighted by molar-refractivity contribution is 7.87. The van der Waals surface area contributed by atoms with E-state index in [-0.39, 0.29) is 12.1 Å². The molecule has 0 radical (unpaired) electrons. The number of nitrogens with one attached hydrogen (secondary N) is 2. The lowest BCUT2D eigenvalue weighted by Crippen LogP contribution is -2.54. The Morgan fingerprint density at radius 1 is 1.14 bits per heavy atom. The average Bonchev–Trinajstić information content (AvgIpc) is 2.48. The molecule has 5 nitrogen and oxygen atoms in total. The van der Waals surface area contributed by atoms with Gasteiger partial charge in [0.2, 0.25) is 0 Å². The highest BCUT2D eigenvalue weighted by Crippen LogP contribution is 2.28. The van der Waals surface area contributed by atoms with Gasteiger partial charge >= 0.3 is 0 Å². The molecule has 0 aromatic heterocycles. The summed E-state index contributed by atoms with van der Waals surface area (Å²) in [6.45, 7) is 3.60. The monoisotopic (exact) mass is 317 g/mol. The minimum absolute atomic E-state index is 0.104. The maximum atomic E-state index is 12.7. The Morgan fingerprint density at radius 3 is 2.67 bits per heavy atom. The molecule has 0 aromatic carbocycles. The lowest BCUT2D eigenvalue weighted by atomic mass is 9.85. The van der Waals surface area contributed by atoms with Crippen LogP contribution in [0.15, 0.2) is 0 Å². The fourth-order valence-corrected chi connectivity index (χ4v) is 5.49. The van der Waals surface area contributed by atoms with Gasteiger partial charge in [-0.3, -0.25) is 0 Å². The molecule has 2 fully saturated rings. The van der Waals surface area contributed by atoms with Crippen molar-refractivity contribution in [1.82, 2.24) is 14.3 Å². The minimum Gasteiger partial charge on any atom is -0.318 e. The molecule has 2 N–H and O–H groups in total. The molecule has 0 amide bonds. The van der Waals surface area contributed by atoms with Crippen molar-refractivity contribution in [2.75, 3.05) is 20.1 Å². The molecular formula is C15H31N3O2S. The second-order valence-electron chi connectivity index (χ2n) is 6.58. The molecule has 2 rings (SSSR count). The Morgan fingerprint density at radius 2 is 1.95 bits per heavy atom. The van der Waals surface area contributed by atoms with Crippen LogP contribution in [0.3, 0.4) is 0 Å². The van der Waals surface area contributed by atoms with E-state index in [1.165, 1.54) is 6.42 Å².